The fraction of sp³-hybridized carbons (Fsp3) is 0.571. The standard InChI is InChI=1S/C21H31N3O3/c1-4-24-14-16(18-12-17(27-3)6-7-19(18)24)13-23-10-5-8-21(15-23,20(22)25)9-11-26-2/h6-7,12,14H,4-5,8-11,13,15H2,1-3H3,(H2,22,25). The second-order valence-electron chi connectivity index (χ2n) is 7.53. The number of likely N-dealkylation sites (tertiary alicyclic amines) is 1. The van der Waals surface area contributed by atoms with Crippen molar-refractivity contribution in [3.05, 3.63) is 30.0 Å². The van der Waals surface area contributed by atoms with Gasteiger partial charge in [-0.15, -0.1) is 0 Å². The number of methoxy groups -OCH3 is 2. The summed E-state index contributed by atoms with van der Waals surface area (Å²) in [5, 5.41) is 1.21. The summed E-state index contributed by atoms with van der Waals surface area (Å²) in [6.07, 6.45) is 4.72. The fourth-order valence-corrected chi connectivity index (χ4v) is 4.29. The molecule has 1 aromatic carbocycles. The predicted octanol–water partition coefficient (Wildman–Crippen LogP) is 2.77. The van der Waals surface area contributed by atoms with Crippen molar-refractivity contribution in [2.45, 2.75) is 39.3 Å². The van der Waals surface area contributed by atoms with Crippen molar-refractivity contribution in [2.75, 3.05) is 33.9 Å². The molecule has 0 radical (unpaired) electrons. The number of piperidine rings is 1. The number of nitrogens with two attached hydrogens (primary N) is 1. The lowest BCUT2D eigenvalue weighted by Gasteiger charge is -2.40. The molecule has 0 aliphatic carbocycles. The minimum atomic E-state index is -0.491. The molecule has 2 aromatic rings. The summed E-state index contributed by atoms with van der Waals surface area (Å²) < 4.78 is 12.9. The molecule has 6 heteroatoms. The van der Waals surface area contributed by atoms with Crippen molar-refractivity contribution in [1.82, 2.24) is 9.47 Å². The third kappa shape index (κ3) is 3.96. The highest BCUT2D eigenvalue weighted by molar-refractivity contribution is 5.85. The van der Waals surface area contributed by atoms with Crippen molar-refractivity contribution in [1.29, 1.82) is 0 Å². The van der Waals surface area contributed by atoms with Gasteiger partial charge in [0.25, 0.3) is 0 Å². The van der Waals surface area contributed by atoms with Crippen molar-refractivity contribution < 1.29 is 14.3 Å². The highest BCUT2D eigenvalue weighted by Crippen LogP contribution is 2.35. The van der Waals surface area contributed by atoms with Crippen LogP contribution in [0.1, 0.15) is 31.7 Å². The molecule has 1 fully saturated rings. The van der Waals surface area contributed by atoms with E-state index in [-0.39, 0.29) is 5.91 Å². The number of hydrogen-bond donors (Lipinski definition) is 1. The van der Waals surface area contributed by atoms with Gasteiger partial charge in [0.15, 0.2) is 0 Å². The Morgan fingerprint density at radius 2 is 2.15 bits per heavy atom. The van der Waals surface area contributed by atoms with Crippen LogP contribution in [0.5, 0.6) is 5.75 Å². The van der Waals surface area contributed by atoms with Gasteiger partial charge in [-0.3, -0.25) is 9.69 Å². The van der Waals surface area contributed by atoms with E-state index >= 15 is 0 Å². The van der Waals surface area contributed by atoms with Crippen LogP contribution >= 0.6 is 0 Å². The minimum Gasteiger partial charge on any atom is -0.497 e. The van der Waals surface area contributed by atoms with Gasteiger partial charge in [-0.25, -0.2) is 0 Å². The van der Waals surface area contributed by atoms with Crippen LogP contribution in [-0.4, -0.2) is 49.3 Å². The molecule has 2 N–H and O–H groups in total. The average molecular weight is 373 g/mol. The Balaban J connectivity index is 1.86. The van der Waals surface area contributed by atoms with E-state index in [2.05, 4.69) is 34.7 Å². The van der Waals surface area contributed by atoms with Crippen LogP contribution in [0.25, 0.3) is 10.9 Å². The van der Waals surface area contributed by atoms with E-state index in [0.717, 1.165) is 38.2 Å². The Morgan fingerprint density at radius 3 is 2.81 bits per heavy atom. The van der Waals surface area contributed by atoms with E-state index in [1.165, 1.54) is 16.5 Å². The number of nitrogens with zero attached hydrogens (tertiary/aromatic N) is 2. The Kier molecular flexibility index (Phi) is 6.07. The van der Waals surface area contributed by atoms with Gasteiger partial charge < -0.3 is 19.8 Å². The molecule has 1 aromatic heterocycles. The van der Waals surface area contributed by atoms with E-state index in [4.69, 9.17) is 15.2 Å². The van der Waals surface area contributed by atoms with Crippen molar-refractivity contribution in [3.63, 3.8) is 0 Å². The fourth-order valence-electron chi connectivity index (χ4n) is 4.29. The predicted molar refractivity (Wildman–Crippen MR) is 107 cm³/mol. The second-order valence-corrected chi connectivity index (χ2v) is 7.53. The summed E-state index contributed by atoms with van der Waals surface area (Å²) in [7, 11) is 3.36. The maximum absolute atomic E-state index is 12.2. The molecular weight excluding hydrogens is 342 g/mol. The zero-order chi connectivity index (χ0) is 19.4. The number of amides is 1. The number of hydrogen-bond acceptors (Lipinski definition) is 4. The number of carbonyl (C=O) groups is 1. The summed E-state index contributed by atoms with van der Waals surface area (Å²) >= 11 is 0. The molecule has 3 rings (SSSR count). The highest BCUT2D eigenvalue weighted by Gasteiger charge is 2.40. The molecular formula is C21H31N3O3. The molecule has 1 amide bonds. The molecule has 0 saturated carbocycles. The molecule has 1 saturated heterocycles. The molecule has 27 heavy (non-hydrogen) atoms. The smallest absolute Gasteiger partial charge is 0.225 e. The number of primary amides is 1. The molecule has 1 unspecified atom stereocenters. The summed E-state index contributed by atoms with van der Waals surface area (Å²) in [6.45, 7) is 6.10. The van der Waals surface area contributed by atoms with Crippen molar-refractivity contribution in [3.8, 4) is 5.75 Å². The molecule has 148 valence electrons. The number of benzene rings is 1. The van der Waals surface area contributed by atoms with Gasteiger partial charge in [0.2, 0.25) is 5.91 Å². The zero-order valence-electron chi connectivity index (χ0n) is 16.7. The molecule has 1 aliphatic heterocycles. The zero-order valence-corrected chi connectivity index (χ0v) is 16.7. The van der Waals surface area contributed by atoms with Crippen LogP contribution in [0.2, 0.25) is 0 Å². The lowest BCUT2D eigenvalue weighted by atomic mass is 9.76. The van der Waals surface area contributed by atoms with E-state index < -0.39 is 5.41 Å². The van der Waals surface area contributed by atoms with Crippen molar-refractivity contribution >= 4 is 16.8 Å². The number of aryl methyl sites for hydroxylation is 1. The summed E-state index contributed by atoms with van der Waals surface area (Å²) in [5.74, 6) is 0.657. The topological polar surface area (TPSA) is 69.7 Å². The Bertz CT molecular complexity index is 801. The van der Waals surface area contributed by atoms with E-state index in [1.807, 2.05) is 6.07 Å². The van der Waals surface area contributed by atoms with E-state index in [0.29, 0.717) is 19.6 Å². The summed E-state index contributed by atoms with van der Waals surface area (Å²) in [5.41, 5.74) is 7.80. The van der Waals surface area contributed by atoms with Gasteiger partial charge in [0.05, 0.1) is 12.5 Å². The van der Waals surface area contributed by atoms with Crippen LogP contribution in [0, 0.1) is 5.41 Å². The first kappa shape index (κ1) is 19.7. The van der Waals surface area contributed by atoms with E-state index in [9.17, 15) is 4.79 Å². The minimum absolute atomic E-state index is 0.207. The van der Waals surface area contributed by atoms with Gasteiger partial charge >= 0.3 is 0 Å². The van der Waals surface area contributed by atoms with Gasteiger partial charge in [-0.2, -0.15) is 0 Å². The SMILES string of the molecule is CCn1cc(CN2CCCC(CCOC)(C(N)=O)C2)c2cc(OC)ccc21. The maximum Gasteiger partial charge on any atom is 0.225 e. The average Bonchev–Trinajstić information content (AvgIpc) is 3.03. The molecule has 0 spiro atoms. The van der Waals surface area contributed by atoms with Crippen LogP contribution in [0.3, 0.4) is 0 Å². The molecule has 6 nitrogen and oxygen atoms in total. The highest BCUT2D eigenvalue weighted by atomic mass is 16.5. The molecule has 1 aliphatic rings. The lowest BCUT2D eigenvalue weighted by Crippen LogP contribution is -2.50. The number of carbonyl (C=O) groups excluding carboxylic acids is 1. The van der Waals surface area contributed by atoms with Crippen LogP contribution < -0.4 is 10.5 Å². The first-order valence-electron chi connectivity index (χ1n) is 9.70. The number of ether oxygens (including phenoxy) is 2. The number of aromatic nitrogens is 1. The Morgan fingerprint density at radius 1 is 1.33 bits per heavy atom. The first-order chi connectivity index (χ1) is 13.0. The normalized spacial score (nSPS) is 20.9. The quantitative estimate of drug-likeness (QED) is 0.772. The number of fused-ring (bicyclic) bond motifs is 1. The van der Waals surface area contributed by atoms with Gasteiger partial charge in [0, 0.05) is 50.5 Å². The summed E-state index contributed by atoms with van der Waals surface area (Å²) in [4.78, 5) is 14.6. The largest absolute Gasteiger partial charge is 0.497 e. The van der Waals surface area contributed by atoms with Crippen LogP contribution in [0.4, 0.5) is 0 Å². The first-order valence-corrected chi connectivity index (χ1v) is 9.70. The maximum atomic E-state index is 12.2. The third-order valence-electron chi connectivity index (χ3n) is 5.87. The molecule has 2 heterocycles. The van der Waals surface area contributed by atoms with E-state index in [1.54, 1.807) is 14.2 Å². The lowest BCUT2D eigenvalue weighted by molar-refractivity contribution is -0.132. The monoisotopic (exact) mass is 373 g/mol. The summed E-state index contributed by atoms with van der Waals surface area (Å²) in [6, 6.07) is 6.22. The molecule has 1 atom stereocenters. The molecule has 0 bridgehead atoms. The third-order valence-corrected chi connectivity index (χ3v) is 5.87. The Hall–Kier alpha value is -2.05. The van der Waals surface area contributed by atoms with Gasteiger partial charge in [-0.1, -0.05) is 0 Å². The Labute approximate surface area is 161 Å². The van der Waals surface area contributed by atoms with Crippen LogP contribution in [-0.2, 0) is 22.6 Å². The second kappa shape index (κ2) is 8.31. The van der Waals surface area contributed by atoms with Gasteiger partial charge in [0.1, 0.15) is 5.75 Å². The van der Waals surface area contributed by atoms with Gasteiger partial charge in [-0.05, 0) is 56.5 Å². The van der Waals surface area contributed by atoms with Crippen LogP contribution in [0.15, 0.2) is 24.4 Å². The number of rotatable bonds is 8. The van der Waals surface area contributed by atoms with Crippen molar-refractivity contribution in [2.24, 2.45) is 11.1 Å².